The predicted molar refractivity (Wildman–Crippen MR) is 69.0 cm³/mol. The van der Waals surface area contributed by atoms with Crippen LogP contribution in [0.2, 0.25) is 0 Å². The zero-order valence-electron chi connectivity index (χ0n) is 10.1. The summed E-state index contributed by atoms with van der Waals surface area (Å²) in [5.74, 6) is 1.22. The van der Waals surface area contributed by atoms with E-state index in [4.69, 9.17) is 5.73 Å². The lowest BCUT2D eigenvalue weighted by Gasteiger charge is -2.17. The number of hydrogen-bond donors (Lipinski definition) is 3. The van der Waals surface area contributed by atoms with Crippen LogP contribution in [0.3, 0.4) is 0 Å². The molecule has 0 spiro atoms. The Balaban J connectivity index is 1.78. The fourth-order valence-electron chi connectivity index (χ4n) is 2.26. The zero-order chi connectivity index (χ0) is 12.4. The largest absolute Gasteiger partial charge is 0.383 e. The summed E-state index contributed by atoms with van der Waals surface area (Å²) in [6.45, 7) is 0.623. The molecule has 18 heavy (non-hydrogen) atoms. The van der Waals surface area contributed by atoms with Gasteiger partial charge in [-0.3, -0.25) is 5.10 Å². The maximum absolute atomic E-state index is 5.98. The van der Waals surface area contributed by atoms with Gasteiger partial charge in [0.2, 0.25) is 5.95 Å². The van der Waals surface area contributed by atoms with Gasteiger partial charge in [0.1, 0.15) is 5.82 Å². The third-order valence-electron chi connectivity index (χ3n) is 3.21. The molecule has 3 rings (SSSR count). The van der Waals surface area contributed by atoms with E-state index in [-0.39, 0.29) is 0 Å². The number of rotatable bonds is 3. The van der Waals surface area contributed by atoms with Crippen molar-refractivity contribution in [2.24, 2.45) is 0 Å². The molecule has 2 aromatic heterocycles. The highest BCUT2D eigenvalue weighted by molar-refractivity contribution is 5.48. The monoisotopic (exact) mass is 244 g/mol. The second kappa shape index (κ2) is 4.64. The smallest absolute Gasteiger partial charge is 0.225 e. The number of nitrogens with zero attached hydrogens (tertiary/aromatic N) is 3. The van der Waals surface area contributed by atoms with Gasteiger partial charge < -0.3 is 11.1 Å². The number of nitrogens with one attached hydrogen (secondary N) is 2. The van der Waals surface area contributed by atoms with Gasteiger partial charge in [0, 0.05) is 11.8 Å². The predicted octanol–water partition coefficient (Wildman–Crippen LogP) is 1.27. The third-order valence-corrected chi connectivity index (χ3v) is 3.21. The van der Waals surface area contributed by atoms with Gasteiger partial charge in [0.15, 0.2) is 0 Å². The molecule has 6 heteroatoms. The molecular weight excluding hydrogens is 228 g/mol. The van der Waals surface area contributed by atoms with Crippen LogP contribution < -0.4 is 11.1 Å². The minimum absolute atomic E-state index is 0.600. The van der Waals surface area contributed by atoms with E-state index in [0.717, 1.165) is 29.8 Å². The Labute approximate surface area is 105 Å². The molecule has 94 valence electrons. The first-order valence-corrected chi connectivity index (χ1v) is 6.20. The van der Waals surface area contributed by atoms with Crippen LogP contribution in [-0.2, 0) is 19.4 Å². The van der Waals surface area contributed by atoms with Gasteiger partial charge in [-0.2, -0.15) is 10.1 Å². The molecule has 0 aromatic carbocycles. The van der Waals surface area contributed by atoms with E-state index in [1.807, 2.05) is 6.07 Å². The zero-order valence-corrected chi connectivity index (χ0v) is 10.1. The molecule has 1 aliphatic carbocycles. The molecule has 0 fully saturated rings. The summed E-state index contributed by atoms with van der Waals surface area (Å²) in [5, 5.41) is 9.94. The Morgan fingerprint density at radius 2 is 2.17 bits per heavy atom. The topological polar surface area (TPSA) is 92.5 Å². The fourth-order valence-corrected chi connectivity index (χ4v) is 2.26. The van der Waals surface area contributed by atoms with Crippen molar-refractivity contribution in [1.82, 2.24) is 20.2 Å². The highest BCUT2D eigenvalue weighted by atomic mass is 15.2. The quantitative estimate of drug-likeness (QED) is 0.756. The van der Waals surface area contributed by atoms with Crippen molar-refractivity contribution in [3.8, 4) is 0 Å². The van der Waals surface area contributed by atoms with E-state index >= 15 is 0 Å². The maximum Gasteiger partial charge on any atom is 0.225 e. The molecule has 1 aliphatic rings. The molecule has 4 N–H and O–H groups in total. The Hall–Kier alpha value is -2.11. The van der Waals surface area contributed by atoms with Crippen molar-refractivity contribution in [2.75, 3.05) is 11.1 Å². The van der Waals surface area contributed by atoms with Gasteiger partial charge >= 0.3 is 0 Å². The first-order chi connectivity index (χ1) is 8.83. The van der Waals surface area contributed by atoms with Crippen molar-refractivity contribution in [2.45, 2.75) is 32.2 Å². The van der Waals surface area contributed by atoms with Gasteiger partial charge in [-0.15, -0.1) is 0 Å². The number of hydrogen-bond acceptors (Lipinski definition) is 5. The summed E-state index contributed by atoms with van der Waals surface area (Å²) in [7, 11) is 0. The lowest BCUT2D eigenvalue weighted by Crippen LogP contribution is -2.14. The first kappa shape index (κ1) is 11.0. The number of nitrogens with two attached hydrogens (primary N) is 1. The van der Waals surface area contributed by atoms with Gasteiger partial charge in [0.25, 0.3) is 0 Å². The van der Waals surface area contributed by atoms with Crippen LogP contribution in [0.5, 0.6) is 0 Å². The summed E-state index contributed by atoms with van der Waals surface area (Å²) in [6, 6.07) is 1.91. The summed E-state index contributed by atoms with van der Waals surface area (Å²) >= 11 is 0. The van der Waals surface area contributed by atoms with E-state index in [2.05, 4.69) is 25.5 Å². The first-order valence-electron chi connectivity index (χ1n) is 6.20. The van der Waals surface area contributed by atoms with Crippen LogP contribution in [0.15, 0.2) is 12.3 Å². The standard InChI is InChI=1S/C12H16N6/c13-11-9-3-1-2-4-10(9)16-12(17-11)14-7-8-5-6-15-18-8/h5-6H,1-4,7H2,(H,15,18)(H3,13,14,16,17). The average molecular weight is 244 g/mol. The van der Waals surface area contributed by atoms with Crippen molar-refractivity contribution in [3.63, 3.8) is 0 Å². The van der Waals surface area contributed by atoms with E-state index in [0.29, 0.717) is 18.3 Å². The molecule has 0 atom stereocenters. The molecule has 0 unspecified atom stereocenters. The normalized spacial score (nSPS) is 14.2. The third kappa shape index (κ3) is 2.13. The van der Waals surface area contributed by atoms with Gasteiger partial charge in [-0.25, -0.2) is 4.98 Å². The van der Waals surface area contributed by atoms with Crippen LogP contribution in [0.1, 0.15) is 29.8 Å². The number of aryl methyl sites for hydroxylation is 1. The second-order valence-corrected chi connectivity index (χ2v) is 4.50. The molecule has 2 aromatic rings. The molecule has 0 aliphatic heterocycles. The minimum Gasteiger partial charge on any atom is -0.383 e. The fraction of sp³-hybridized carbons (Fsp3) is 0.417. The molecule has 0 radical (unpaired) electrons. The Kier molecular flexibility index (Phi) is 2.84. The van der Waals surface area contributed by atoms with Crippen molar-refractivity contribution in [1.29, 1.82) is 0 Å². The molecule has 0 saturated heterocycles. The number of aromatic nitrogens is 4. The van der Waals surface area contributed by atoms with Crippen LogP contribution in [0.4, 0.5) is 11.8 Å². The second-order valence-electron chi connectivity index (χ2n) is 4.50. The summed E-state index contributed by atoms with van der Waals surface area (Å²) in [4.78, 5) is 8.84. The Morgan fingerprint density at radius 3 is 3.00 bits per heavy atom. The van der Waals surface area contributed by atoms with E-state index in [9.17, 15) is 0 Å². The molecule has 2 heterocycles. The number of fused-ring (bicyclic) bond motifs is 1. The van der Waals surface area contributed by atoms with E-state index < -0.39 is 0 Å². The number of aromatic amines is 1. The van der Waals surface area contributed by atoms with Crippen molar-refractivity contribution >= 4 is 11.8 Å². The molecule has 0 amide bonds. The highest BCUT2D eigenvalue weighted by Gasteiger charge is 2.15. The van der Waals surface area contributed by atoms with Gasteiger partial charge in [-0.1, -0.05) is 0 Å². The average Bonchev–Trinajstić information content (AvgIpc) is 2.90. The van der Waals surface area contributed by atoms with Crippen molar-refractivity contribution in [3.05, 3.63) is 29.2 Å². The minimum atomic E-state index is 0.600. The molecule has 0 bridgehead atoms. The van der Waals surface area contributed by atoms with Gasteiger partial charge in [0.05, 0.1) is 17.9 Å². The lowest BCUT2D eigenvalue weighted by molar-refractivity contribution is 0.665. The van der Waals surface area contributed by atoms with Gasteiger partial charge in [-0.05, 0) is 31.7 Å². The maximum atomic E-state index is 5.98. The lowest BCUT2D eigenvalue weighted by atomic mass is 9.97. The van der Waals surface area contributed by atoms with Crippen LogP contribution in [0, 0.1) is 0 Å². The summed E-state index contributed by atoms with van der Waals surface area (Å²) < 4.78 is 0. The molecule has 0 saturated carbocycles. The Morgan fingerprint density at radius 1 is 1.28 bits per heavy atom. The van der Waals surface area contributed by atoms with Crippen LogP contribution in [0.25, 0.3) is 0 Å². The molecular formula is C12H16N6. The number of nitrogen functional groups attached to an aromatic ring is 1. The number of anilines is 2. The Bertz CT molecular complexity index is 534. The summed E-state index contributed by atoms with van der Waals surface area (Å²) in [5.41, 5.74) is 9.21. The van der Waals surface area contributed by atoms with E-state index in [1.165, 1.54) is 12.8 Å². The highest BCUT2D eigenvalue weighted by Crippen LogP contribution is 2.24. The van der Waals surface area contributed by atoms with E-state index in [1.54, 1.807) is 6.20 Å². The van der Waals surface area contributed by atoms with Crippen molar-refractivity contribution < 1.29 is 0 Å². The number of H-pyrrole nitrogens is 1. The summed E-state index contributed by atoms with van der Waals surface area (Å²) in [6.07, 6.45) is 6.09. The van der Waals surface area contributed by atoms with Crippen LogP contribution >= 0.6 is 0 Å². The van der Waals surface area contributed by atoms with Crippen LogP contribution in [-0.4, -0.2) is 20.2 Å². The molecule has 6 nitrogen and oxygen atoms in total. The SMILES string of the molecule is Nc1nc(NCc2ccn[nH]2)nc2c1CCCC2.